The Kier molecular flexibility index (Phi) is 4.81. The molecule has 2 rings (SSSR count). The SMILES string of the molecule is CCNC(c1ccc(C)cc1OC)c1c(C)ccnc1N. The van der Waals surface area contributed by atoms with Gasteiger partial charge in [0.1, 0.15) is 11.6 Å². The van der Waals surface area contributed by atoms with Crippen LogP contribution in [0.5, 0.6) is 5.75 Å². The second kappa shape index (κ2) is 6.59. The Bertz CT molecular complexity index is 605. The lowest BCUT2D eigenvalue weighted by Gasteiger charge is -2.24. The lowest BCUT2D eigenvalue weighted by molar-refractivity contribution is 0.404. The zero-order valence-electron chi connectivity index (χ0n) is 13.1. The van der Waals surface area contributed by atoms with Crippen LogP contribution >= 0.6 is 0 Å². The zero-order chi connectivity index (χ0) is 15.4. The first-order valence-corrected chi connectivity index (χ1v) is 7.17. The maximum Gasteiger partial charge on any atom is 0.128 e. The minimum atomic E-state index is -0.0285. The van der Waals surface area contributed by atoms with Crippen molar-refractivity contribution in [1.82, 2.24) is 10.3 Å². The Hall–Kier alpha value is -2.07. The summed E-state index contributed by atoms with van der Waals surface area (Å²) in [5, 5.41) is 3.49. The summed E-state index contributed by atoms with van der Waals surface area (Å²) in [5.74, 6) is 1.42. The fourth-order valence-electron chi connectivity index (χ4n) is 2.59. The maximum atomic E-state index is 6.12. The molecule has 0 fully saturated rings. The number of methoxy groups -OCH3 is 1. The number of anilines is 1. The van der Waals surface area contributed by atoms with Crippen LogP contribution in [0.15, 0.2) is 30.5 Å². The van der Waals surface area contributed by atoms with Gasteiger partial charge in [0.25, 0.3) is 0 Å². The Balaban J connectivity index is 2.59. The van der Waals surface area contributed by atoms with E-state index in [-0.39, 0.29) is 6.04 Å². The van der Waals surface area contributed by atoms with Crippen LogP contribution < -0.4 is 15.8 Å². The van der Waals surface area contributed by atoms with Crippen LogP contribution in [0.25, 0.3) is 0 Å². The number of nitrogens with zero attached hydrogens (tertiary/aromatic N) is 1. The van der Waals surface area contributed by atoms with Crippen molar-refractivity contribution >= 4 is 5.82 Å². The van der Waals surface area contributed by atoms with Crippen molar-refractivity contribution in [2.24, 2.45) is 0 Å². The van der Waals surface area contributed by atoms with Gasteiger partial charge in [-0.2, -0.15) is 0 Å². The molecule has 21 heavy (non-hydrogen) atoms. The molecule has 0 aliphatic rings. The first kappa shape index (κ1) is 15.3. The molecule has 0 amide bonds. The number of hydrogen-bond donors (Lipinski definition) is 2. The van der Waals surface area contributed by atoms with E-state index in [1.54, 1.807) is 13.3 Å². The average molecular weight is 285 g/mol. The highest BCUT2D eigenvalue weighted by Crippen LogP contribution is 2.34. The number of aromatic nitrogens is 1. The molecule has 1 atom stereocenters. The quantitative estimate of drug-likeness (QED) is 0.886. The number of hydrogen-bond acceptors (Lipinski definition) is 4. The van der Waals surface area contributed by atoms with Gasteiger partial charge < -0.3 is 15.8 Å². The summed E-state index contributed by atoms with van der Waals surface area (Å²) in [4.78, 5) is 4.24. The van der Waals surface area contributed by atoms with E-state index in [0.29, 0.717) is 5.82 Å². The first-order chi connectivity index (χ1) is 10.1. The van der Waals surface area contributed by atoms with E-state index in [9.17, 15) is 0 Å². The highest BCUT2D eigenvalue weighted by molar-refractivity contribution is 5.53. The molecule has 1 aromatic heterocycles. The Morgan fingerprint density at radius 2 is 2.05 bits per heavy atom. The summed E-state index contributed by atoms with van der Waals surface area (Å²) in [6, 6.07) is 8.18. The predicted molar refractivity (Wildman–Crippen MR) is 86.6 cm³/mol. The van der Waals surface area contributed by atoms with Crippen LogP contribution in [-0.2, 0) is 0 Å². The molecule has 112 valence electrons. The van der Waals surface area contributed by atoms with Gasteiger partial charge in [-0.05, 0) is 43.7 Å². The van der Waals surface area contributed by atoms with Gasteiger partial charge in [0.05, 0.1) is 13.2 Å². The first-order valence-electron chi connectivity index (χ1n) is 7.17. The minimum Gasteiger partial charge on any atom is -0.496 e. The lowest BCUT2D eigenvalue weighted by Crippen LogP contribution is -2.24. The van der Waals surface area contributed by atoms with E-state index in [1.165, 1.54) is 5.56 Å². The second-order valence-electron chi connectivity index (χ2n) is 5.16. The molecule has 0 radical (unpaired) electrons. The number of rotatable bonds is 5. The number of nitrogens with two attached hydrogens (primary N) is 1. The molecule has 3 N–H and O–H groups in total. The van der Waals surface area contributed by atoms with Gasteiger partial charge in [0, 0.05) is 17.3 Å². The molecule has 0 saturated carbocycles. The second-order valence-corrected chi connectivity index (χ2v) is 5.16. The van der Waals surface area contributed by atoms with E-state index in [0.717, 1.165) is 29.0 Å². The number of ether oxygens (including phenoxy) is 1. The molecule has 0 bridgehead atoms. The number of aryl methyl sites for hydroxylation is 2. The molecular formula is C17H23N3O. The van der Waals surface area contributed by atoms with Crippen LogP contribution in [0.1, 0.15) is 35.2 Å². The van der Waals surface area contributed by atoms with Gasteiger partial charge >= 0.3 is 0 Å². The van der Waals surface area contributed by atoms with E-state index >= 15 is 0 Å². The van der Waals surface area contributed by atoms with Crippen molar-refractivity contribution < 1.29 is 4.74 Å². The third kappa shape index (κ3) is 3.16. The van der Waals surface area contributed by atoms with Crippen LogP contribution in [0.2, 0.25) is 0 Å². The van der Waals surface area contributed by atoms with Crippen molar-refractivity contribution in [3.63, 3.8) is 0 Å². The van der Waals surface area contributed by atoms with Gasteiger partial charge in [0.15, 0.2) is 0 Å². The van der Waals surface area contributed by atoms with Crippen molar-refractivity contribution in [3.05, 3.63) is 52.7 Å². The van der Waals surface area contributed by atoms with Crippen LogP contribution in [-0.4, -0.2) is 18.6 Å². The summed E-state index contributed by atoms with van der Waals surface area (Å²) in [6.45, 7) is 7.02. The van der Waals surface area contributed by atoms with Crippen molar-refractivity contribution in [2.75, 3.05) is 19.4 Å². The molecule has 1 heterocycles. The van der Waals surface area contributed by atoms with Crippen LogP contribution in [0.3, 0.4) is 0 Å². The summed E-state index contributed by atoms with van der Waals surface area (Å²) in [7, 11) is 1.70. The maximum absolute atomic E-state index is 6.12. The molecule has 1 aromatic carbocycles. The topological polar surface area (TPSA) is 60.2 Å². The standard InChI is InChI=1S/C17H23N3O/c1-5-19-16(15-12(3)8-9-20-17(15)18)13-7-6-11(2)10-14(13)21-4/h6-10,16,19H,5H2,1-4H3,(H2,18,20). The normalized spacial score (nSPS) is 12.2. The molecule has 4 heteroatoms. The predicted octanol–water partition coefficient (Wildman–Crippen LogP) is 2.99. The van der Waals surface area contributed by atoms with Gasteiger partial charge in [-0.1, -0.05) is 19.1 Å². The van der Waals surface area contributed by atoms with Gasteiger partial charge in [-0.15, -0.1) is 0 Å². The van der Waals surface area contributed by atoms with Crippen molar-refractivity contribution in [3.8, 4) is 5.75 Å². The molecule has 0 aliphatic heterocycles. The molecule has 0 aliphatic carbocycles. The number of nitrogen functional groups attached to an aromatic ring is 1. The smallest absolute Gasteiger partial charge is 0.128 e. The molecule has 1 unspecified atom stereocenters. The van der Waals surface area contributed by atoms with Gasteiger partial charge in [-0.25, -0.2) is 4.98 Å². The zero-order valence-corrected chi connectivity index (χ0v) is 13.1. The summed E-state index contributed by atoms with van der Waals surface area (Å²) in [5.41, 5.74) is 10.5. The van der Waals surface area contributed by atoms with E-state index < -0.39 is 0 Å². The van der Waals surface area contributed by atoms with Crippen LogP contribution in [0.4, 0.5) is 5.82 Å². The fourth-order valence-corrected chi connectivity index (χ4v) is 2.59. The Morgan fingerprint density at radius 3 is 2.67 bits per heavy atom. The largest absolute Gasteiger partial charge is 0.496 e. The lowest BCUT2D eigenvalue weighted by atomic mass is 9.94. The molecule has 2 aromatic rings. The van der Waals surface area contributed by atoms with E-state index in [4.69, 9.17) is 10.5 Å². The highest BCUT2D eigenvalue weighted by atomic mass is 16.5. The summed E-state index contributed by atoms with van der Waals surface area (Å²) in [6.07, 6.45) is 1.74. The summed E-state index contributed by atoms with van der Waals surface area (Å²) >= 11 is 0. The fraction of sp³-hybridized carbons (Fsp3) is 0.353. The van der Waals surface area contributed by atoms with Crippen LogP contribution in [0, 0.1) is 13.8 Å². The highest BCUT2D eigenvalue weighted by Gasteiger charge is 2.21. The minimum absolute atomic E-state index is 0.0285. The van der Waals surface area contributed by atoms with Gasteiger partial charge in [-0.3, -0.25) is 0 Å². The number of nitrogens with one attached hydrogen (secondary N) is 1. The molecule has 0 spiro atoms. The van der Waals surface area contributed by atoms with Gasteiger partial charge in [0.2, 0.25) is 0 Å². The Labute approximate surface area is 126 Å². The monoisotopic (exact) mass is 285 g/mol. The Morgan fingerprint density at radius 1 is 1.29 bits per heavy atom. The third-order valence-corrected chi connectivity index (χ3v) is 3.64. The molecule has 4 nitrogen and oxygen atoms in total. The number of pyridine rings is 1. The van der Waals surface area contributed by atoms with E-state index in [2.05, 4.69) is 43.2 Å². The molecular weight excluding hydrogens is 262 g/mol. The summed E-state index contributed by atoms with van der Waals surface area (Å²) < 4.78 is 5.55. The molecule has 0 saturated heterocycles. The average Bonchev–Trinajstić information content (AvgIpc) is 2.46. The van der Waals surface area contributed by atoms with E-state index in [1.807, 2.05) is 12.1 Å². The third-order valence-electron chi connectivity index (χ3n) is 3.64. The van der Waals surface area contributed by atoms with Crippen molar-refractivity contribution in [1.29, 1.82) is 0 Å². The van der Waals surface area contributed by atoms with Crippen molar-refractivity contribution in [2.45, 2.75) is 26.8 Å². The number of benzene rings is 1.